The minimum absolute atomic E-state index is 0.160. The molecule has 19 heavy (non-hydrogen) atoms. The highest BCUT2D eigenvalue weighted by molar-refractivity contribution is 9.10. The van der Waals surface area contributed by atoms with Crippen LogP contribution in [0.5, 0.6) is 0 Å². The molecule has 0 unspecified atom stereocenters. The third-order valence-corrected chi connectivity index (χ3v) is 3.64. The van der Waals surface area contributed by atoms with E-state index in [-0.39, 0.29) is 9.46 Å². The fraction of sp³-hybridized carbons (Fsp3) is 0.0714. The first-order valence-electron chi connectivity index (χ1n) is 5.60. The van der Waals surface area contributed by atoms with Crippen LogP contribution in [0.2, 0.25) is 0 Å². The van der Waals surface area contributed by atoms with Crippen molar-refractivity contribution in [2.45, 2.75) is 6.92 Å². The van der Waals surface area contributed by atoms with Crippen LogP contribution < -0.4 is 11.1 Å². The van der Waals surface area contributed by atoms with E-state index >= 15 is 0 Å². The topological polar surface area (TPSA) is 38.0 Å². The van der Waals surface area contributed by atoms with Crippen molar-refractivity contribution in [1.82, 2.24) is 0 Å². The zero-order valence-corrected chi connectivity index (χ0v) is 12.6. The molecule has 2 rings (SSSR count). The molecule has 0 amide bonds. The lowest BCUT2D eigenvalue weighted by molar-refractivity contribution is 0.625. The molecule has 2 aromatic carbocycles. The van der Waals surface area contributed by atoms with Crippen LogP contribution in [0, 0.1) is 12.7 Å². The zero-order chi connectivity index (χ0) is 14.0. The van der Waals surface area contributed by atoms with E-state index in [9.17, 15) is 4.39 Å². The summed E-state index contributed by atoms with van der Waals surface area (Å²) in [6.07, 6.45) is 0. The molecule has 5 heteroatoms. The molecule has 0 aliphatic carbocycles. The summed E-state index contributed by atoms with van der Waals surface area (Å²) >= 11 is 8.04. The summed E-state index contributed by atoms with van der Waals surface area (Å²) in [5.41, 5.74) is 8.31. The number of rotatable bonds is 3. The van der Waals surface area contributed by atoms with Gasteiger partial charge in [0.05, 0.1) is 10.2 Å². The van der Waals surface area contributed by atoms with Gasteiger partial charge >= 0.3 is 0 Å². The molecular weight excluding hydrogens is 327 g/mol. The molecule has 0 aliphatic heterocycles. The molecule has 2 aromatic rings. The van der Waals surface area contributed by atoms with Gasteiger partial charge in [0, 0.05) is 11.3 Å². The Morgan fingerprint density at radius 2 is 2.05 bits per heavy atom. The van der Waals surface area contributed by atoms with E-state index in [1.54, 1.807) is 12.1 Å². The van der Waals surface area contributed by atoms with Crippen LogP contribution >= 0.6 is 28.1 Å². The van der Waals surface area contributed by atoms with Gasteiger partial charge in [0.1, 0.15) is 4.99 Å². The molecule has 2 nitrogen and oxygen atoms in total. The Morgan fingerprint density at radius 3 is 2.68 bits per heavy atom. The maximum absolute atomic E-state index is 14.2. The molecule has 0 aromatic heterocycles. The number of hydrogen-bond donors (Lipinski definition) is 2. The van der Waals surface area contributed by atoms with Crippen LogP contribution in [0.1, 0.15) is 11.1 Å². The van der Waals surface area contributed by atoms with E-state index in [1.807, 2.05) is 31.2 Å². The van der Waals surface area contributed by atoms with Gasteiger partial charge in [-0.15, -0.1) is 0 Å². The second-order valence-corrected chi connectivity index (χ2v) is 5.38. The maximum atomic E-state index is 14.2. The predicted octanol–water partition coefficient (Wildman–Crippen LogP) is 4.27. The molecule has 3 N–H and O–H groups in total. The zero-order valence-electron chi connectivity index (χ0n) is 10.2. The van der Waals surface area contributed by atoms with Crippen LogP contribution in [0.3, 0.4) is 0 Å². The van der Waals surface area contributed by atoms with E-state index in [0.717, 1.165) is 11.3 Å². The lowest BCUT2D eigenvalue weighted by atomic mass is 10.1. The third kappa shape index (κ3) is 3.11. The molecule has 0 heterocycles. The summed E-state index contributed by atoms with van der Waals surface area (Å²) in [5, 5.41) is 3.03. The molecule has 0 spiro atoms. The second kappa shape index (κ2) is 5.67. The number of aryl methyl sites for hydroxylation is 1. The normalized spacial score (nSPS) is 10.3. The van der Waals surface area contributed by atoms with Gasteiger partial charge in [-0.1, -0.05) is 24.4 Å². The monoisotopic (exact) mass is 338 g/mol. The van der Waals surface area contributed by atoms with Gasteiger partial charge in [-0.2, -0.15) is 0 Å². The summed E-state index contributed by atoms with van der Waals surface area (Å²) in [5.74, 6) is -0.410. The SMILES string of the molecule is Cc1cccc(Nc2ccc(C(N)=S)c(Br)c2F)c1. The van der Waals surface area contributed by atoms with Gasteiger partial charge in [-0.05, 0) is 52.7 Å². The van der Waals surface area contributed by atoms with E-state index < -0.39 is 5.82 Å². The highest BCUT2D eigenvalue weighted by Gasteiger charge is 2.12. The van der Waals surface area contributed by atoms with Crippen molar-refractivity contribution in [3.8, 4) is 0 Å². The largest absolute Gasteiger partial charge is 0.389 e. The number of anilines is 2. The quantitative estimate of drug-likeness (QED) is 0.820. The van der Waals surface area contributed by atoms with Crippen molar-refractivity contribution in [3.63, 3.8) is 0 Å². The van der Waals surface area contributed by atoms with Crippen molar-refractivity contribution >= 4 is 44.5 Å². The number of halogens is 2. The molecule has 0 saturated heterocycles. The lowest BCUT2D eigenvalue weighted by Gasteiger charge is -2.11. The van der Waals surface area contributed by atoms with E-state index in [1.165, 1.54) is 0 Å². The van der Waals surface area contributed by atoms with Gasteiger partial charge in [-0.3, -0.25) is 0 Å². The highest BCUT2D eigenvalue weighted by atomic mass is 79.9. The fourth-order valence-corrected chi connectivity index (χ4v) is 2.58. The standard InChI is InChI=1S/C14H12BrFN2S/c1-8-3-2-4-9(7-8)18-11-6-5-10(14(17)19)12(15)13(11)16/h2-7,18H,1H3,(H2,17,19). The van der Waals surface area contributed by atoms with Crippen molar-refractivity contribution in [1.29, 1.82) is 0 Å². The molecule has 0 aliphatic rings. The molecule has 0 bridgehead atoms. The van der Waals surface area contributed by atoms with E-state index in [4.69, 9.17) is 18.0 Å². The Balaban J connectivity index is 2.37. The average Bonchev–Trinajstić information content (AvgIpc) is 2.35. The van der Waals surface area contributed by atoms with Gasteiger partial charge in [0.15, 0.2) is 5.82 Å². The van der Waals surface area contributed by atoms with Crippen LogP contribution in [0.25, 0.3) is 0 Å². The van der Waals surface area contributed by atoms with Crippen molar-refractivity contribution in [2.75, 3.05) is 5.32 Å². The van der Waals surface area contributed by atoms with Crippen LogP contribution in [0.4, 0.5) is 15.8 Å². The number of nitrogens with two attached hydrogens (primary N) is 1. The maximum Gasteiger partial charge on any atom is 0.161 e. The number of thiocarbonyl (C=S) groups is 1. The lowest BCUT2D eigenvalue weighted by Crippen LogP contribution is -2.11. The fourth-order valence-electron chi connectivity index (χ4n) is 1.71. The third-order valence-electron chi connectivity index (χ3n) is 2.64. The first kappa shape index (κ1) is 14.0. The summed E-state index contributed by atoms with van der Waals surface area (Å²) in [4.78, 5) is 0.160. The van der Waals surface area contributed by atoms with Crippen molar-refractivity contribution in [3.05, 3.63) is 57.8 Å². The molecule has 0 radical (unpaired) electrons. The highest BCUT2D eigenvalue weighted by Crippen LogP contribution is 2.29. The molecule has 0 saturated carbocycles. The number of nitrogens with one attached hydrogen (secondary N) is 1. The first-order valence-corrected chi connectivity index (χ1v) is 6.80. The van der Waals surface area contributed by atoms with Gasteiger partial charge < -0.3 is 11.1 Å². The van der Waals surface area contributed by atoms with Crippen molar-refractivity contribution < 1.29 is 4.39 Å². The molecule has 0 atom stereocenters. The van der Waals surface area contributed by atoms with Crippen LogP contribution in [-0.2, 0) is 0 Å². The van der Waals surface area contributed by atoms with Gasteiger partial charge in [0.25, 0.3) is 0 Å². The summed E-state index contributed by atoms with van der Waals surface area (Å²) in [6.45, 7) is 1.98. The predicted molar refractivity (Wildman–Crippen MR) is 84.4 cm³/mol. The smallest absolute Gasteiger partial charge is 0.161 e. The Kier molecular flexibility index (Phi) is 4.17. The van der Waals surface area contributed by atoms with Crippen LogP contribution in [-0.4, -0.2) is 4.99 Å². The summed E-state index contributed by atoms with van der Waals surface area (Å²) < 4.78 is 14.5. The summed E-state index contributed by atoms with van der Waals surface area (Å²) in [7, 11) is 0. The number of benzene rings is 2. The van der Waals surface area contributed by atoms with Crippen LogP contribution in [0.15, 0.2) is 40.9 Å². The van der Waals surface area contributed by atoms with Crippen molar-refractivity contribution in [2.24, 2.45) is 5.73 Å². The summed E-state index contributed by atoms with van der Waals surface area (Å²) in [6, 6.07) is 11.0. The van der Waals surface area contributed by atoms with Gasteiger partial charge in [0.2, 0.25) is 0 Å². The van der Waals surface area contributed by atoms with E-state index in [0.29, 0.717) is 11.3 Å². The minimum atomic E-state index is -0.410. The minimum Gasteiger partial charge on any atom is -0.389 e. The molecular formula is C14H12BrFN2S. The Morgan fingerprint density at radius 1 is 1.32 bits per heavy atom. The number of hydrogen-bond acceptors (Lipinski definition) is 2. The molecule has 98 valence electrons. The first-order chi connectivity index (χ1) is 8.99. The van der Waals surface area contributed by atoms with E-state index in [2.05, 4.69) is 21.2 Å². The Labute approximate surface area is 124 Å². The molecule has 0 fully saturated rings. The van der Waals surface area contributed by atoms with Gasteiger partial charge in [-0.25, -0.2) is 4.39 Å². The second-order valence-electron chi connectivity index (χ2n) is 4.15. The average molecular weight is 339 g/mol. The Hall–Kier alpha value is -1.46. The Bertz CT molecular complexity index is 643.